The Morgan fingerprint density at radius 3 is 2.27 bits per heavy atom. The minimum atomic E-state index is -0.684. The fraction of sp³-hybridized carbons (Fsp3) is 0.786. The molecule has 2 heterocycles. The molecule has 52 heavy (non-hydrogen) atoms. The molecule has 3 N–H and O–H groups in total. The summed E-state index contributed by atoms with van der Waals surface area (Å²) in [6.45, 7) is 14.2. The molecule has 0 aromatic heterocycles. The Bertz CT molecular complexity index is 1200. The van der Waals surface area contributed by atoms with Gasteiger partial charge in [0.15, 0.2) is 0 Å². The van der Waals surface area contributed by atoms with E-state index in [0.717, 1.165) is 76.7 Å². The lowest BCUT2D eigenvalue weighted by atomic mass is 9.81. The van der Waals surface area contributed by atoms with Gasteiger partial charge in [0.2, 0.25) is 11.8 Å². The molecule has 0 unspecified atom stereocenters. The van der Waals surface area contributed by atoms with Gasteiger partial charge in [-0.1, -0.05) is 109 Å². The van der Waals surface area contributed by atoms with Crippen molar-refractivity contribution < 1.29 is 19.5 Å². The second-order valence-electron chi connectivity index (χ2n) is 16.4. The van der Waals surface area contributed by atoms with E-state index >= 15 is 0 Å². The number of unbranched alkanes of at least 4 members (excludes halogenated alkanes) is 2. The van der Waals surface area contributed by atoms with Crippen LogP contribution in [0.25, 0.3) is 0 Å². The second kappa shape index (κ2) is 21.9. The van der Waals surface area contributed by atoms with Crippen molar-refractivity contribution in [3.05, 3.63) is 35.9 Å². The molecular weight excluding hydrogens is 652 g/mol. The minimum Gasteiger partial charge on any atom is -0.391 e. The highest BCUT2D eigenvalue weighted by atomic mass is 16.3. The van der Waals surface area contributed by atoms with Gasteiger partial charge in [-0.15, -0.1) is 0 Å². The third-order valence-electron chi connectivity index (χ3n) is 12.0. The van der Waals surface area contributed by atoms with Crippen molar-refractivity contribution in [1.29, 1.82) is 0 Å². The number of urea groups is 1. The van der Waals surface area contributed by atoms with Gasteiger partial charge in [0.25, 0.3) is 0 Å². The van der Waals surface area contributed by atoms with Gasteiger partial charge in [-0.2, -0.15) is 0 Å². The summed E-state index contributed by atoms with van der Waals surface area (Å²) in [7, 11) is 2.07. The molecule has 10 nitrogen and oxygen atoms in total. The molecule has 1 aromatic rings. The SMILES string of the molecule is CCCCNC[C@H](C[C@H](O)[C@H](CC1CCCCC1)NC(=O)[C@@H](CCCC)N1CCN(C(=O)N2CCN(C)CC2)[C@@H](Cc2ccccc2)C1=O)C(C)C. The van der Waals surface area contributed by atoms with Crippen molar-refractivity contribution in [3.63, 3.8) is 0 Å². The zero-order valence-corrected chi connectivity index (χ0v) is 33.2. The molecule has 4 rings (SSSR count). The number of benzene rings is 1. The first-order valence-corrected chi connectivity index (χ1v) is 20.9. The van der Waals surface area contributed by atoms with Crippen LogP contribution in [-0.4, -0.2) is 126 Å². The van der Waals surface area contributed by atoms with Gasteiger partial charge in [-0.3, -0.25) is 9.59 Å². The third-order valence-corrected chi connectivity index (χ3v) is 12.0. The van der Waals surface area contributed by atoms with E-state index in [9.17, 15) is 19.5 Å². The summed E-state index contributed by atoms with van der Waals surface area (Å²) in [6, 6.07) is 8.12. The topological polar surface area (TPSA) is 108 Å². The van der Waals surface area contributed by atoms with Crippen LogP contribution in [0, 0.1) is 17.8 Å². The molecule has 294 valence electrons. The monoisotopic (exact) mass is 725 g/mol. The molecular formula is C42H72N6O4. The van der Waals surface area contributed by atoms with Crippen LogP contribution in [0.3, 0.4) is 0 Å². The van der Waals surface area contributed by atoms with Crippen LogP contribution in [0.5, 0.6) is 0 Å². The number of hydrogen-bond donors (Lipinski definition) is 3. The van der Waals surface area contributed by atoms with Crippen molar-refractivity contribution in [2.24, 2.45) is 17.8 Å². The normalized spacial score (nSPS) is 21.6. The largest absolute Gasteiger partial charge is 0.391 e. The van der Waals surface area contributed by atoms with Crippen molar-refractivity contribution in [1.82, 2.24) is 30.2 Å². The highest BCUT2D eigenvalue weighted by molar-refractivity contribution is 5.93. The molecule has 5 atom stereocenters. The molecule has 10 heteroatoms. The Balaban J connectivity index is 1.55. The zero-order chi connectivity index (χ0) is 37.5. The highest BCUT2D eigenvalue weighted by Crippen LogP contribution is 2.30. The molecule has 3 fully saturated rings. The summed E-state index contributed by atoms with van der Waals surface area (Å²) < 4.78 is 0. The zero-order valence-electron chi connectivity index (χ0n) is 33.2. The van der Waals surface area contributed by atoms with Crippen LogP contribution in [0.4, 0.5) is 4.79 Å². The standard InChI is InChI=1S/C42H72N6O4/c1-6-8-20-37(40(50)44-36(28-33-16-12-10-13-17-33)39(49)30-35(32(3)4)31-43-21-9-7-2)47-26-27-48(42(52)46-24-22-45(5)23-25-46)38(41(47)51)29-34-18-14-11-15-19-34/h11,14-15,18-19,32-33,35-39,43,49H,6-10,12-13,16-17,20-31H2,1-5H3,(H,44,50)/t35-,36-,37+,38-,39-/m0/s1. The Kier molecular flexibility index (Phi) is 17.7. The number of amides is 4. The number of aliphatic hydroxyl groups is 1. The van der Waals surface area contributed by atoms with Crippen molar-refractivity contribution >= 4 is 17.8 Å². The fourth-order valence-electron chi connectivity index (χ4n) is 8.41. The van der Waals surface area contributed by atoms with Gasteiger partial charge >= 0.3 is 6.03 Å². The smallest absolute Gasteiger partial charge is 0.320 e. The van der Waals surface area contributed by atoms with Gasteiger partial charge in [-0.05, 0) is 69.1 Å². The van der Waals surface area contributed by atoms with Crippen LogP contribution in [-0.2, 0) is 16.0 Å². The van der Waals surface area contributed by atoms with Crippen molar-refractivity contribution in [2.75, 3.05) is 59.4 Å². The number of carbonyl (C=O) groups excluding carboxylic acids is 3. The van der Waals surface area contributed by atoms with E-state index in [1.807, 2.05) is 35.2 Å². The van der Waals surface area contributed by atoms with Gasteiger partial charge < -0.3 is 35.3 Å². The van der Waals surface area contributed by atoms with Crippen LogP contribution >= 0.6 is 0 Å². The lowest BCUT2D eigenvalue weighted by Crippen LogP contribution is -2.66. The van der Waals surface area contributed by atoms with Crippen LogP contribution in [0.15, 0.2) is 30.3 Å². The van der Waals surface area contributed by atoms with Crippen LogP contribution < -0.4 is 10.6 Å². The summed E-state index contributed by atoms with van der Waals surface area (Å²) in [5, 5.41) is 18.9. The summed E-state index contributed by atoms with van der Waals surface area (Å²) in [5.41, 5.74) is 0.994. The first-order chi connectivity index (χ1) is 25.1. The second-order valence-corrected chi connectivity index (χ2v) is 16.4. The maximum absolute atomic E-state index is 14.7. The van der Waals surface area contributed by atoms with Gasteiger partial charge in [0.05, 0.1) is 12.1 Å². The number of hydrogen-bond acceptors (Lipinski definition) is 6. The molecule has 2 saturated heterocycles. The van der Waals surface area contributed by atoms with E-state index in [4.69, 9.17) is 0 Å². The molecule has 1 aromatic carbocycles. The fourth-order valence-corrected chi connectivity index (χ4v) is 8.41. The lowest BCUT2D eigenvalue weighted by Gasteiger charge is -2.46. The molecule has 1 saturated carbocycles. The van der Waals surface area contributed by atoms with Gasteiger partial charge in [0.1, 0.15) is 12.1 Å². The predicted molar refractivity (Wildman–Crippen MR) is 210 cm³/mol. The summed E-state index contributed by atoms with van der Waals surface area (Å²) in [4.78, 5) is 50.8. The molecule has 4 amide bonds. The van der Waals surface area contributed by atoms with E-state index in [2.05, 4.69) is 50.3 Å². The summed E-state index contributed by atoms with van der Waals surface area (Å²) in [5.74, 6) is 0.845. The summed E-state index contributed by atoms with van der Waals surface area (Å²) in [6.07, 6.45) is 11.6. The Labute approximate surface area is 315 Å². The van der Waals surface area contributed by atoms with Crippen molar-refractivity contribution in [3.8, 4) is 0 Å². The number of aliphatic hydroxyl groups excluding tert-OH is 1. The van der Waals surface area contributed by atoms with Crippen LogP contribution in [0.1, 0.15) is 110 Å². The summed E-state index contributed by atoms with van der Waals surface area (Å²) >= 11 is 0. The van der Waals surface area contributed by atoms with E-state index in [1.54, 1.807) is 9.80 Å². The number of nitrogens with one attached hydrogen (secondary N) is 2. The predicted octanol–water partition coefficient (Wildman–Crippen LogP) is 5.54. The van der Waals surface area contributed by atoms with E-state index in [-0.39, 0.29) is 23.9 Å². The van der Waals surface area contributed by atoms with Crippen molar-refractivity contribution in [2.45, 2.75) is 135 Å². The molecule has 1 aliphatic carbocycles. The average Bonchev–Trinajstić information content (AvgIpc) is 3.14. The van der Waals surface area contributed by atoms with Gasteiger partial charge in [-0.25, -0.2) is 4.79 Å². The number of carbonyl (C=O) groups is 3. The number of rotatable bonds is 19. The molecule has 0 radical (unpaired) electrons. The average molecular weight is 725 g/mol. The van der Waals surface area contributed by atoms with Gasteiger partial charge in [0, 0.05) is 45.7 Å². The molecule has 0 spiro atoms. The van der Waals surface area contributed by atoms with E-state index in [0.29, 0.717) is 63.2 Å². The first kappa shape index (κ1) is 42.1. The number of nitrogens with zero attached hydrogens (tertiary/aromatic N) is 4. The number of likely N-dealkylation sites (N-methyl/N-ethyl adjacent to an activating group) is 1. The lowest BCUT2D eigenvalue weighted by molar-refractivity contribution is -0.149. The Hall–Kier alpha value is -2.69. The molecule has 0 bridgehead atoms. The maximum Gasteiger partial charge on any atom is 0.320 e. The highest BCUT2D eigenvalue weighted by Gasteiger charge is 2.44. The molecule has 3 aliphatic rings. The quantitative estimate of drug-likeness (QED) is 0.162. The maximum atomic E-state index is 14.7. The molecule has 2 aliphatic heterocycles. The van der Waals surface area contributed by atoms with E-state index in [1.165, 1.54) is 19.3 Å². The Morgan fingerprint density at radius 1 is 0.923 bits per heavy atom. The third kappa shape index (κ3) is 12.4. The van der Waals surface area contributed by atoms with E-state index < -0.39 is 18.2 Å². The Morgan fingerprint density at radius 2 is 1.62 bits per heavy atom. The van der Waals surface area contributed by atoms with Crippen LogP contribution in [0.2, 0.25) is 0 Å². The minimum absolute atomic E-state index is 0.0869. The first-order valence-electron chi connectivity index (χ1n) is 20.9. The number of piperazine rings is 2.